The Morgan fingerprint density at radius 2 is 1.85 bits per heavy atom. The molecule has 1 aliphatic rings. The van der Waals surface area contributed by atoms with Crippen molar-refractivity contribution in [2.75, 3.05) is 0 Å². The predicted molar refractivity (Wildman–Crippen MR) is 55.5 cm³/mol. The first-order valence-electron chi connectivity index (χ1n) is 5.63. The van der Waals surface area contributed by atoms with Crippen LogP contribution < -0.4 is 5.73 Å². The van der Waals surface area contributed by atoms with Crippen LogP contribution in [0.4, 0.5) is 0 Å². The van der Waals surface area contributed by atoms with E-state index in [1.807, 2.05) is 0 Å². The zero-order valence-electron chi connectivity index (χ0n) is 8.76. The average Bonchev–Trinajstić information content (AvgIpc) is 2.02. The molecular formula is C11H23NO. The Balaban J connectivity index is 2.39. The summed E-state index contributed by atoms with van der Waals surface area (Å²) in [6.07, 6.45) is 8.53. The first-order valence-corrected chi connectivity index (χ1v) is 5.63. The molecule has 0 aromatic rings. The third-order valence-electron chi connectivity index (χ3n) is 3.17. The molecule has 0 aromatic carbocycles. The van der Waals surface area contributed by atoms with E-state index >= 15 is 0 Å². The van der Waals surface area contributed by atoms with Crippen LogP contribution >= 0.6 is 0 Å². The van der Waals surface area contributed by atoms with E-state index in [-0.39, 0.29) is 11.6 Å². The predicted octanol–water partition coefficient (Wildman–Crippen LogP) is 2.20. The number of aliphatic hydroxyl groups is 1. The van der Waals surface area contributed by atoms with E-state index in [1.54, 1.807) is 0 Å². The number of aliphatic hydroxyl groups excluding tert-OH is 1. The molecule has 0 spiro atoms. The van der Waals surface area contributed by atoms with Crippen LogP contribution in [0.25, 0.3) is 0 Å². The molecule has 13 heavy (non-hydrogen) atoms. The van der Waals surface area contributed by atoms with E-state index in [4.69, 9.17) is 5.73 Å². The molecule has 0 aliphatic heterocycles. The molecule has 1 saturated carbocycles. The highest BCUT2D eigenvalue weighted by molar-refractivity contribution is 4.85. The molecule has 2 heteroatoms. The molecule has 78 valence electrons. The molecule has 2 nitrogen and oxygen atoms in total. The SMILES string of the molecule is CCCC1(N)CCCC(O)CCC1. The van der Waals surface area contributed by atoms with Gasteiger partial charge in [-0.05, 0) is 44.9 Å². The van der Waals surface area contributed by atoms with Crippen LogP contribution in [0.2, 0.25) is 0 Å². The standard InChI is InChI=1S/C11H23NO/c1-2-7-11(12)8-3-5-10(13)6-4-9-11/h10,13H,2-9,12H2,1H3. The highest BCUT2D eigenvalue weighted by Gasteiger charge is 2.25. The summed E-state index contributed by atoms with van der Waals surface area (Å²) in [6, 6.07) is 0. The summed E-state index contributed by atoms with van der Waals surface area (Å²) in [5, 5.41) is 9.47. The van der Waals surface area contributed by atoms with Crippen molar-refractivity contribution in [2.24, 2.45) is 5.73 Å². The second-order valence-electron chi connectivity index (χ2n) is 4.55. The van der Waals surface area contributed by atoms with Gasteiger partial charge in [0.2, 0.25) is 0 Å². The fourth-order valence-electron chi connectivity index (χ4n) is 2.40. The van der Waals surface area contributed by atoms with E-state index in [0.717, 1.165) is 44.9 Å². The minimum atomic E-state index is -0.0637. The third kappa shape index (κ3) is 3.65. The minimum Gasteiger partial charge on any atom is -0.393 e. The lowest BCUT2D eigenvalue weighted by Gasteiger charge is -2.32. The van der Waals surface area contributed by atoms with E-state index in [1.165, 1.54) is 6.42 Å². The number of hydrogen-bond donors (Lipinski definition) is 2. The van der Waals surface area contributed by atoms with Crippen LogP contribution in [0.15, 0.2) is 0 Å². The van der Waals surface area contributed by atoms with Gasteiger partial charge < -0.3 is 10.8 Å². The Hall–Kier alpha value is -0.0800. The Bertz CT molecular complexity index is 137. The first kappa shape index (κ1) is 11.0. The fourth-order valence-corrected chi connectivity index (χ4v) is 2.40. The largest absolute Gasteiger partial charge is 0.393 e. The van der Waals surface area contributed by atoms with Gasteiger partial charge in [-0.25, -0.2) is 0 Å². The van der Waals surface area contributed by atoms with Crippen LogP contribution in [0.1, 0.15) is 58.3 Å². The Kier molecular flexibility index (Phi) is 4.20. The fraction of sp³-hybridized carbons (Fsp3) is 1.00. The minimum absolute atomic E-state index is 0.0637. The van der Waals surface area contributed by atoms with Crippen LogP contribution in [0.3, 0.4) is 0 Å². The van der Waals surface area contributed by atoms with Gasteiger partial charge in [0.25, 0.3) is 0 Å². The molecule has 1 fully saturated rings. The zero-order valence-corrected chi connectivity index (χ0v) is 8.76. The zero-order chi connectivity index (χ0) is 9.73. The highest BCUT2D eigenvalue weighted by Crippen LogP contribution is 2.27. The summed E-state index contributed by atoms with van der Waals surface area (Å²) < 4.78 is 0. The van der Waals surface area contributed by atoms with Gasteiger partial charge in [-0.3, -0.25) is 0 Å². The second-order valence-corrected chi connectivity index (χ2v) is 4.55. The molecule has 0 amide bonds. The van der Waals surface area contributed by atoms with Gasteiger partial charge in [0.15, 0.2) is 0 Å². The molecule has 1 aliphatic carbocycles. The lowest BCUT2D eigenvalue weighted by molar-refractivity contribution is 0.127. The van der Waals surface area contributed by atoms with Crippen molar-refractivity contribution >= 4 is 0 Å². The topological polar surface area (TPSA) is 46.2 Å². The van der Waals surface area contributed by atoms with E-state index in [2.05, 4.69) is 6.92 Å². The van der Waals surface area contributed by atoms with Gasteiger partial charge in [-0.2, -0.15) is 0 Å². The van der Waals surface area contributed by atoms with Crippen molar-refractivity contribution in [1.82, 2.24) is 0 Å². The summed E-state index contributed by atoms with van der Waals surface area (Å²) in [7, 11) is 0. The van der Waals surface area contributed by atoms with Crippen molar-refractivity contribution in [3.05, 3.63) is 0 Å². The van der Waals surface area contributed by atoms with Crippen molar-refractivity contribution < 1.29 is 5.11 Å². The molecule has 0 bridgehead atoms. The third-order valence-corrected chi connectivity index (χ3v) is 3.17. The molecule has 0 heterocycles. The van der Waals surface area contributed by atoms with Gasteiger partial charge in [-0.1, -0.05) is 13.3 Å². The molecule has 0 saturated heterocycles. The quantitative estimate of drug-likeness (QED) is 0.692. The highest BCUT2D eigenvalue weighted by atomic mass is 16.3. The molecule has 3 N–H and O–H groups in total. The summed E-state index contributed by atoms with van der Waals surface area (Å²) in [5.74, 6) is 0. The van der Waals surface area contributed by atoms with Crippen LogP contribution in [0.5, 0.6) is 0 Å². The van der Waals surface area contributed by atoms with Crippen molar-refractivity contribution in [3.8, 4) is 0 Å². The number of rotatable bonds is 2. The molecule has 0 aromatic heterocycles. The van der Waals surface area contributed by atoms with E-state index in [0.29, 0.717) is 0 Å². The van der Waals surface area contributed by atoms with E-state index < -0.39 is 0 Å². The normalized spacial score (nSPS) is 36.7. The van der Waals surface area contributed by atoms with Gasteiger partial charge in [0.1, 0.15) is 0 Å². The molecule has 0 atom stereocenters. The van der Waals surface area contributed by atoms with Crippen molar-refractivity contribution in [3.63, 3.8) is 0 Å². The first-order chi connectivity index (χ1) is 6.16. The van der Waals surface area contributed by atoms with Crippen LogP contribution in [-0.4, -0.2) is 16.7 Å². The van der Waals surface area contributed by atoms with Crippen LogP contribution in [0, 0.1) is 0 Å². The molecule has 0 unspecified atom stereocenters. The maximum Gasteiger partial charge on any atom is 0.0540 e. The summed E-state index contributed by atoms with van der Waals surface area (Å²) in [6.45, 7) is 2.20. The summed E-state index contributed by atoms with van der Waals surface area (Å²) >= 11 is 0. The van der Waals surface area contributed by atoms with Crippen molar-refractivity contribution in [1.29, 1.82) is 0 Å². The monoisotopic (exact) mass is 185 g/mol. The summed E-state index contributed by atoms with van der Waals surface area (Å²) in [5.41, 5.74) is 6.38. The summed E-state index contributed by atoms with van der Waals surface area (Å²) in [4.78, 5) is 0. The molecular weight excluding hydrogens is 162 g/mol. The van der Waals surface area contributed by atoms with E-state index in [9.17, 15) is 5.11 Å². The lowest BCUT2D eigenvalue weighted by Crippen LogP contribution is -2.40. The number of nitrogens with two attached hydrogens (primary N) is 1. The Morgan fingerprint density at radius 1 is 1.31 bits per heavy atom. The van der Waals surface area contributed by atoms with Gasteiger partial charge >= 0.3 is 0 Å². The van der Waals surface area contributed by atoms with Crippen molar-refractivity contribution in [2.45, 2.75) is 69.9 Å². The smallest absolute Gasteiger partial charge is 0.0540 e. The Morgan fingerprint density at radius 3 is 2.31 bits per heavy atom. The van der Waals surface area contributed by atoms with Gasteiger partial charge in [0.05, 0.1) is 6.10 Å². The maximum absolute atomic E-state index is 9.47. The maximum atomic E-state index is 9.47. The van der Waals surface area contributed by atoms with Gasteiger partial charge in [-0.15, -0.1) is 0 Å². The second kappa shape index (κ2) is 4.97. The van der Waals surface area contributed by atoms with Crippen LogP contribution in [-0.2, 0) is 0 Å². The average molecular weight is 185 g/mol. The molecule has 0 radical (unpaired) electrons. The Labute approximate surface area is 81.5 Å². The lowest BCUT2D eigenvalue weighted by atomic mass is 9.81. The van der Waals surface area contributed by atoms with Gasteiger partial charge in [0, 0.05) is 5.54 Å². The molecule has 1 rings (SSSR count). The number of hydrogen-bond acceptors (Lipinski definition) is 2.